The zero-order valence-corrected chi connectivity index (χ0v) is 20.6. The third-order valence-corrected chi connectivity index (χ3v) is 6.10. The van der Waals surface area contributed by atoms with E-state index in [1.165, 1.54) is 16.7 Å². The predicted octanol–water partition coefficient (Wildman–Crippen LogP) is 3.86. The van der Waals surface area contributed by atoms with Crippen LogP contribution in [-0.2, 0) is 16.6 Å². The number of carbonyl (C=O) groups excluding carboxylic acids is 2. The molecule has 2 amide bonds. The molecule has 0 radical (unpaired) electrons. The Bertz CT molecular complexity index is 1310. The maximum atomic E-state index is 13.4. The smallest absolute Gasteiger partial charge is 0.283 e. The number of hydrogen-bond donors (Lipinski definition) is 1. The van der Waals surface area contributed by atoms with Crippen LogP contribution in [0.25, 0.3) is 6.08 Å². The minimum Gasteiger partial charge on any atom is -0.497 e. The summed E-state index contributed by atoms with van der Waals surface area (Å²) in [6.07, 6.45) is 1.71. The van der Waals surface area contributed by atoms with E-state index in [2.05, 4.69) is 15.4 Å². The van der Waals surface area contributed by atoms with E-state index < -0.39 is 0 Å². The molecule has 0 saturated carbocycles. The Morgan fingerprint density at radius 3 is 2.49 bits per heavy atom. The molecule has 4 rings (SSSR count). The van der Waals surface area contributed by atoms with Crippen molar-refractivity contribution in [2.24, 2.45) is 12.0 Å². The minimum absolute atomic E-state index is 0.0621. The highest BCUT2D eigenvalue weighted by atomic mass is 32.2. The molecule has 0 aliphatic carbocycles. The fraction of sp³-hybridized carbons (Fsp3) is 0.200. The molecule has 0 atom stereocenters. The molecule has 0 unspecified atom stereocenters. The van der Waals surface area contributed by atoms with Gasteiger partial charge in [0.15, 0.2) is 5.17 Å². The fourth-order valence-corrected chi connectivity index (χ4v) is 4.28. The number of carbonyl (C=O) groups is 2. The molecule has 1 aromatic heterocycles. The summed E-state index contributed by atoms with van der Waals surface area (Å²) in [6, 6.07) is 16.3. The molecule has 3 aromatic rings. The Morgan fingerprint density at radius 1 is 1.09 bits per heavy atom. The zero-order valence-electron chi connectivity index (χ0n) is 19.8. The SMILES string of the molecule is COc1ccc(/C=C2\N=C(SCC(=O)Nc3cc(C)nn3C)N(c3cccc(OC)c3)C2=O)cc1. The summed E-state index contributed by atoms with van der Waals surface area (Å²) in [5.41, 5.74) is 2.47. The van der Waals surface area contributed by atoms with Crippen LogP contribution < -0.4 is 19.7 Å². The summed E-state index contributed by atoms with van der Waals surface area (Å²) in [5, 5.41) is 7.47. The lowest BCUT2D eigenvalue weighted by molar-refractivity contribution is -0.114. The first-order valence-corrected chi connectivity index (χ1v) is 11.7. The second kappa shape index (κ2) is 10.5. The molecule has 9 nitrogen and oxygen atoms in total. The number of hydrogen-bond acceptors (Lipinski definition) is 7. The van der Waals surface area contributed by atoms with Crippen molar-refractivity contribution in [1.82, 2.24) is 9.78 Å². The third kappa shape index (κ3) is 5.55. The van der Waals surface area contributed by atoms with Crippen LogP contribution in [0.15, 0.2) is 65.3 Å². The average molecular weight is 492 g/mol. The second-order valence-corrected chi connectivity index (χ2v) is 8.61. The van der Waals surface area contributed by atoms with Gasteiger partial charge in [0.25, 0.3) is 5.91 Å². The lowest BCUT2D eigenvalue weighted by Crippen LogP contribution is -2.31. The van der Waals surface area contributed by atoms with Gasteiger partial charge in [0.2, 0.25) is 5.91 Å². The molecule has 0 spiro atoms. The highest BCUT2D eigenvalue weighted by Crippen LogP contribution is 2.31. The molecule has 1 N–H and O–H groups in total. The lowest BCUT2D eigenvalue weighted by Gasteiger charge is -2.18. The van der Waals surface area contributed by atoms with E-state index in [9.17, 15) is 9.59 Å². The monoisotopic (exact) mass is 491 g/mol. The first-order chi connectivity index (χ1) is 16.9. The number of rotatable bonds is 7. The number of amidine groups is 1. The quantitative estimate of drug-likeness (QED) is 0.504. The standard InChI is InChI=1S/C25H25N5O4S/c1-16-12-22(29(2)28-16)27-23(31)15-35-25-26-21(13-17-8-10-19(33-3)11-9-17)24(32)30(25)18-6-5-7-20(14-18)34-4/h5-14H,15H2,1-4H3,(H,27,31)/b21-13-. The molecule has 1 aliphatic rings. The Morgan fingerprint density at radius 2 is 1.83 bits per heavy atom. The molecule has 180 valence electrons. The van der Waals surface area contributed by atoms with Gasteiger partial charge in [-0.2, -0.15) is 5.10 Å². The summed E-state index contributed by atoms with van der Waals surface area (Å²) in [6.45, 7) is 1.85. The van der Waals surface area contributed by atoms with E-state index in [0.29, 0.717) is 22.4 Å². The van der Waals surface area contributed by atoms with Crippen LogP contribution in [0, 0.1) is 6.92 Å². The van der Waals surface area contributed by atoms with E-state index in [4.69, 9.17) is 9.47 Å². The average Bonchev–Trinajstić information content (AvgIpc) is 3.34. The first kappa shape index (κ1) is 24.1. The van der Waals surface area contributed by atoms with E-state index in [0.717, 1.165) is 17.0 Å². The van der Waals surface area contributed by atoms with Crippen LogP contribution in [-0.4, -0.2) is 46.7 Å². The largest absolute Gasteiger partial charge is 0.497 e. The Labute approximate surface area is 207 Å². The first-order valence-electron chi connectivity index (χ1n) is 10.7. The van der Waals surface area contributed by atoms with Gasteiger partial charge in [-0.15, -0.1) is 0 Å². The van der Waals surface area contributed by atoms with Gasteiger partial charge in [-0.3, -0.25) is 19.2 Å². The van der Waals surface area contributed by atoms with Crippen LogP contribution in [0.2, 0.25) is 0 Å². The van der Waals surface area contributed by atoms with E-state index in [-0.39, 0.29) is 23.3 Å². The number of aliphatic imine (C=N–C) groups is 1. The molecule has 2 heterocycles. The number of benzene rings is 2. The summed E-state index contributed by atoms with van der Waals surface area (Å²) >= 11 is 1.18. The highest BCUT2D eigenvalue weighted by molar-refractivity contribution is 8.14. The van der Waals surface area contributed by atoms with Crippen LogP contribution in [0.4, 0.5) is 11.5 Å². The van der Waals surface area contributed by atoms with Crippen molar-refractivity contribution in [3.05, 3.63) is 71.6 Å². The maximum Gasteiger partial charge on any atom is 0.283 e. The van der Waals surface area contributed by atoms with Crippen LogP contribution in [0.1, 0.15) is 11.3 Å². The molecular formula is C25H25N5O4S. The molecule has 1 aliphatic heterocycles. The molecule has 0 saturated heterocycles. The van der Waals surface area contributed by atoms with Gasteiger partial charge in [-0.25, -0.2) is 4.99 Å². The van der Waals surface area contributed by atoms with Crippen LogP contribution in [0.5, 0.6) is 11.5 Å². The number of anilines is 2. The third-order valence-electron chi connectivity index (χ3n) is 5.16. The van der Waals surface area contributed by atoms with Gasteiger partial charge in [-0.05, 0) is 42.8 Å². The number of nitrogens with one attached hydrogen (secondary N) is 1. The summed E-state index contributed by atoms with van der Waals surface area (Å²) in [4.78, 5) is 32.0. The molecule has 35 heavy (non-hydrogen) atoms. The maximum absolute atomic E-state index is 13.4. The van der Waals surface area contributed by atoms with Crippen molar-refractivity contribution in [2.45, 2.75) is 6.92 Å². The molecule has 2 aromatic carbocycles. The summed E-state index contributed by atoms with van der Waals surface area (Å²) < 4.78 is 12.1. The lowest BCUT2D eigenvalue weighted by atomic mass is 10.2. The molecule has 10 heteroatoms. The van der Waals surface area contributed by atoms with E-state index in [1.54, 1.807) is 62.4 Å². The number of aromatic nitrogens is 2. The van der Waals surface area contributed by atoms with Gasteiger partial charge in [-0.1, -0.05) is 30.0 Å². The van der Waals surface area contributed by atoms with Gasteiger partial charge >= 0.3 is 0 Å². The Hall–Kier alpha value is -4.05. The zero-order chi connectivity index (χ0) is 24.9. The van der Waals surface area contributed by atoms with Gasteiger partial charge in [0, 0.05) is 19.2 Å². The number of nitrogens with zero attached hydrogens (tertiary/aromatic N) is 4. The van der Waals surface area contributed by atoms with Crippen LogP contribution >= 0.6 is 11.8 Å². The molecular weight excluding hydrogens is 466 g/mol. The Kier molecular flexibility index (Phi) is 7.21. The number of ether oxygens (including phenoxy) is 2. The minimum atomic E-state index is -0.292. The van der Waals surface area contributed by atoms with Crippen molar-refractivity contribution in [3.8, 4) is 11.5 Å². The molecule has 0 bridgehead atoms. The number of aryl methyl sites for hydroxylation is 2. The van der Waals surface area contributed by atoms with Crippen molar-refractivity contribution < 1.29 is 19.1 Å². The Balaban J connectivity index is 1.59. The van der Waals surface area contributed by atoms with Crippen molar-refractivity contribution in [3.63, 3.8) is 0 Å². The van der Waals surface area contributed by atoms with Gasteiger partial charge in [0.1, 0.15) is 23.0 Å². The van der Waals surface area contributed by atoms with E-state index in [1.807, 2.05) is 31.2 Å². The fourth-order valence-electron chi connectivity index (χ4n) is 3.47. The van der Waals surface area contributed by atoms with Crippen LogP contribution in [0.3, 0.4) is 0 Å². The van der Waals surface area contributed by atoms with Crippen molar-refractivity contribution >= 4 is 46.3 Å². The van der Waals surface area contributed by atoms with Crippen molar-refractivity contribution in [1.29, 1.82) is 0 Å². The van der Waals surface area contributed by atoms with Gasteiger partial charge < -0.3 is 14.8 Å². The number of thioether (sulfide) groups is 1. The van der Waals surface area contributed by atoms with Crippen molar-refractivity contribution in [2.75, 3.05) is 30.2 Å². The van der Waals surface area contributed by atoms with Gasteiger partial charge in [0.05, 0.1) is 31.4 Å². The predicted molar refractivity (Wildman–Crippen MR) is 138 cm³/mol. The highest BCUT2D eigenvalue weighted by Gasteiger charge is 2.32. The second-order valence-electron chi connectivity index (χ2n) is 7.67. The number of amides is 2. The normalized spacial score (nSPS) is 14.3. The topological polar surface area (TPSA) is 98.0 Å². The summed E-state index contributed by atoms with van der Waals surface area (Å²) in [7, 11) is 4.92. The number of methoxy groups -OCH3 is 2. The summed E-state index contributed by atoms with van der Waals surface area (Å²) in [5.74, 6) is 1.47. The van der Waals surface area contributed by atoms with E-state index >= 15 is 0 Å². The molecule has 0 fully saturated rings.